The van der Waals surface area contributed by atoms with E-state index in [1.165, 1.54) is 4.90 Å². The molecule has 1 saturated carbocycles. The number of para-hydroxylation sites is 1. The fourth-order valence-corrected chi connectivity index (χ4v) is 6.08. The molecule has 1 heterocycles. The number of benzene rings is 1. The van der Waals surface area contributed by atoms with E-state index in [-0.39, 0.29) is 37.1 Å². The first-order chi connectivity index (χ1) is 19.4. The van der Waals surface area contributed by atoms with Crippen LogP contribution in [-0.2, 0) is 30.4 Å². The minimum Gasteiger partial charge on any atom is -0.481 e. The molecule has 226 valence electrons. The normalized spacial score (nSPS) is 18.9. The summed E-state index contributed by atoms with van der Waals surface area (Å²) < 4.78 is 0. The van der Waals surface area contributed by atoms with Gasteiger partial charge in [0.1, 0.15) is 6.54 Å². The fraction of sp³-hybridized carbons (Fsp3) is 0.633. The molecule has 41 heavy (non-hydrogen) atoms. The average molecular weight is 573 g/mol. The van der Waals surface area contributed by atoms with Crippen molar-refractivity contribution in [2.75, 3.05) is 52.2 Å². The van der Waals surface area contributed by atoms with Gasteiger partial charge in [0.15, 0.2) is 0 Å². The van der Waals surface area contributed by atoms with Crippen LogP contribution in [0.1, 0.15) is 56.9 Å². The summed E-state index contributed by atoms with van der Waals surface area (Å²) in [4.78, 5) is 68.5. The summed E-state index contributed by atoms with van der Waals surface area (Å²) in [6.07, 6.45) is 4.27. The lowest BCUT2D eigenvalue weighted by Gasteiger charge is -2.32. The number of anilines is 1. The summed E-state index contributed by atoms with van der Waals surface area (Å²) in [6, 6.07) is 7.22. The van der Waals surface area contributed by atoms with E-state index in [0.29, 0.717) is 37.9 Å². The lowest BCUT2D eigenvalue weighted by molar-refractivity contribution is -0.148. The lowest BCUT2D eigenvalue weighted by Crippen LogP contribution is -2.47. The largest absolute Gasteiger partial charge is 0.481 e. The van der Waals surface area contributed by atoms with Crippen molar-refractivity contribution < 1.29 is 34.2 Å². The van der Waals surface area contributed by atoms with Gasteiger partial charge in [0, 0.05) is 32.2 Å². The van der Waals surface area contributed by atoms with E-state index in [9.17, 15) is 34.2 Å². The Balaban J connectivity index is 1.68. The Morgan fingerprint density at radius 2 is 1.76 bits per heavy atom. The molecule has 1 aliphatic heterocycles. The fourth-order valence-electron chi connectivity index (χ4n) is 6.08. The summed E-state index contributed by atoms with van der Waals surface area (Å²) in [5.74, 6) is -4.75. The van der Waals surface area contributed by atoms with E-state index in [4.69, 9.17) is 0 Å². The zero-order chi connectivity index (χ0) is 30.2. The molecule has 2 aliphatic rings. The van der Waals surface area contributed by atoms with Crippen LogP contribution >= 0.6 is 0 Å². The average Bonchev–Trinajstić information content (AvgIpc) is 3.35. The summed E-state index contributed by atoms with van der Waals surface area (Å²) in [5, 5.41) is 22.3. The number of nitrogens with one attached hydrogen (secondary N) is 1. The molecule has 1 aliphatic carbocycles. The van der Waals surface area contributed by atoms with E-state index in [2.05, 4.69) is 5.32 Å². The molecule has 1 unspecified atom stereocenters. The number of aliphatic carboxylic acids is 2. The number of carbonyl (C=O) groups excluding carboxylic acids is 3. The van der Waals surface area contributed by atoms with E-state index >= 15 is 0 Å². The number of rotatable bonds is 14. The zero-order valence-corrected chi connectivity index (χ0v) is 24.4. The van der Waals surface area contributed by atoms with Crippen LogP contribution in [0, 0.1) is 17.3 Å². The maximum atomic E-state index is 13.6. The van der Waals surface area contributed by atoms with Gasteiger partial charge in [-0.05, 0) is 70.8 Å². The Morgan fingerprint density at radius 1 is 1.07 bits per heavy atom. The molecule has 3 N–H and O–H groups in total. The van der Waals surface area contributed by atoms with Crippen LogP contribution in [-0.4, -0.2) is 97.0 Å². The monoisotopic (exact) mass is 572 g/mol. The predicted octanol–water partition coefficient (Wildman–Crippen LogP) is 2.23. The van der Waals surface area contributed by atoms with Crippen LogP contribution in [0.15, 0.2) is 24.3 Å². The van der Waals surface area contributed by atoms with E-state index in [0.717, 1.165) is 31.4 Å². The highest BCUT2D eigenvalue weighted by molar-refractivity contribution is 6.00. The number of carboxylic acids is 2. The van der Waals surface area contributed by atoms with Crippen LogP contribution in [0.25, 0.3) is 0 Å². The number of carbonyl (C=O) groups is 5. The third-order valence-electron chi connectivity index (χ3n) is 8.44. The standard InChI is InChI=1S/C30H44N4O7/c1-32(2)15-8-16-33(3)25(35)17-23(28(39)40)18-30(13-6-7-14-30)29(41)31-19-22-12-11-21-9-4-5-10-24(21)34(27(22)38)20-26(36)37/h4-5,9-10,22-23H,6-8,11-20H2,1-3H3,(H,31,41)(H,36,37)(H,39,40)/t22?,23-/m1/s1. The maximum absolute atomic E-state index is 13.6. The van der Waals surface area contributed by atoms with Crippen LogP contribution < -0.4 is 10.2 Å². The molecule has 11 heteroatoms. The molecule has 0 aromatic heterocycles. The third-order valence-corrected chi connectivity index (χ3v) is 8.44. The predicted molar refractivity (Wildman–Crippen MR) is 153 cm³/mol. The Bertz CT molecular complexity index is 1120. The second-order valence-electron chi connectivity index (χ2n) is 11.8. The van der Waals surface area contributed by atoms with Crippen LogP contribution in [0.3, 0.4) is 0 Å². The van der Waals surface area contributed by atoms with Crippen molar-refractivity contribution in [2.45, 2.75) is 57.8 Å². The van der Waals surface area contributed by atoms with Crippen molar-refractivity contribution in [3.63, 3.8) is 0 Å². The number of aryl methyl sites for hydroxylation is 1. The Kier molecular flexibility index (Phi) is 11.3. The van der Waals surface area contributed by atoms with Gasteiger partial charge >= 0.3 is 11.9 Å². The first-order valence-electron chi connectivity index (χ1n) is 14.4. The topological polar surface area (TPSA) is 148 Å². The first kappa shape index (κ1) is 32.0. The quantitative estimate of drug-likeness (QED) is 0.308. The molecule has 11 nitrogen and oxygen atoms in total. The first-order valence-corrected chi connectivity index (χ1v) is 14.4. The molecule has 0 bridgehead atoms. The number of carboxylic acid groups (broad SMARTS) is 2. The van der Waals surface area contributed by atoms with Gasteiger partial charge in [0.05, 0.1) is 17.3 Å². The minimum absolute atomic E-state index is 0.0365. The van der Waals surface area contributed by atoms with Gasteiger partial charge in [-0.15, -0.1) is 0 Å². The molecule has 1 fully saturated rings. The summed E-state index contributed by atoms with van der Waals surface area (Å²) in [5.41, 5.74) is 0.523. The molecule has 0 saturated heterocycles. The Morgan fingerprint density at radius 3 is 2.39 bits per heavy atom. The highest BCUT2D eigenvalue weighted by atomic mass is 16.4. The number of hydrogen-bond acceptors (Lipinski definition) is 6. The van der Waals surface area contributed by atoms with Gasteiger partial charge in [-0.1, -0.05) is 31.0 Å². The van der Waals surface area contributed by atoms with Crippen molar-refractivity contribution >= 4 is 35.3 Å². The molecule has 0 radical (unpaired) electrons. The highest BCUT2D eigenvalue weighted by Gasteiger charge is 2.45. The van der Waals surface area contributed by atoms with Gasteiger partial charge in [-0.25, -0.2) is 0 Å². The Hall–Kier alpha value is -3.47. The SMILES string of the molecule is CN(C)CCCN(C)C(=O)C[C@H](CC1(C(=O)NCC2CCc3ccccc3N(CC(=O)O)C2=O)CCCC1)C(=O)O. The van der Waals surface area contributed by atoms with Gasteiger partial charge in [0.25, 0.3) is 0 Å². The molecule has 3 amide bonds. The molecule has 1 aromatic carbocycles. The van der Waals surface area contributed by atoms with Gasteiger partial charge in [0.2, 0.25) is 17.7 Å². The highest BCUT2D eigenvalue weighted by Crippen LogP contribution is 2.44. The van der Waals surface area contributed by atoms with Crippen molar-refractivity contribution in [3.8, 4) is 0 Å². The maximum Gasteiger partial charge on any atom is 0.323 e. The number of fused-ring (bicyclic) bond motifs is 1. The number of nitrogens with zero attached hydrogens (tertiary/aromatic N) is 3. The minimum atomic E-state index is -1.12. The second-order valence-corrected chi connectivity index (χ2v) is 11.8. The third kappa shape index (κ3) is 8.51. The summed E-state index contributed by atoms with van der Waals surface area (Å²) in [7, 11) is 5.57. The second kappa shape index (κ2) is 14.4. The summed E-state index contributed by atoms with van der Waals surface area (Å²) >= 11 is 0. The van der Waals surface area contributed by atoms with Crippen molar-refractivity contribution in [3.05, 3.63) is 29.8 Å². The van der Waals surface area contributed by atoms with Gasteiger partial charge in [-0.3, -0.25) is 24.0 Å². The molecule has 3 rings (SSSR count). The van der Waals surface area contributed by atoms with Crippen LogP contribution in [0.4, 0.5) is 5.69 Å². The van der Waals surface area contributed by atoms with Gasteiger partial charge < -0.3 is 30.2 Å². The van der Waals surface area contributed by atoms with E-state index < -0.39 is 35.7 Å². The van der Waals surface area contributed by atoms with Gasteiger partial charge in [-0.2, -0.15) is 0 Å². The van der Waals surface area contributed by atoms with E-state index in [1.807, 2.05) is 31.1 Å². The van der Waals surface area contributed by atoms with Crippen LogP contribution in [0.5, 0.6) is 0 Å². The molecular weight excluding hydrogens is 528 g/mol. The molecule has 2 atom stereocenters. The molecule has 0 spiro atoms. The lowest BCUT2D eigenvalue weighted by atomic mass is 9.75. The molecule has 1 aromatic rings. The summed E-state index contributed by atoms with van der Waals surface area (Å²) in [6.45, 7) is 0.900. The van der Waals surface area contributed by atoms with Crippen LogP contribution in [0.2, 0.25) is 0 Å². The number of amides is 3. The van der Waals surface area contributed by atoms with E-state index in [1.54, 1.807) is 24.1 Å². The smallest absolute Gasteiger partial charge is 0.323 e. The Labute approximate surface area is 241 Å². The van der Waals surface area contributed by atoms with Crippen molar-refractivity contribution in [2.24, 2.45) is 17.3 Å². The number of hydrogen-bond donors (Lipinski definition) is 3. The van der Waals surface area contributed by atoms with Crippen molar-refractivity contribution in [1.29, 1.82) is 0 Å². The van der Waals surface area contributed by atoms with Crippen molar-refractivity contribution in [1.82, 2.24) is 15.1 Å². The molecular formula is C30H44N4O7. The zero-order valence-electron chi connectivity index (χ0n) is 24.4.